The molecule has 0 saturated carbocycles. The molecule has 1 aromatic carbocycles. The molecule has 0 saturated heterocycles. The predicted molar refractivity (Wildman–Crippen MR) is 81.2 cm³/mol. The average molecular weight is 305 g/mol. The van der Waals surface area contributed by atoms with Crippen LogP contribution < -0.4 is 5.32 Å². The number of aliphatic hydroxyl groups is 1. The molecule has 4 nitrogen and oxygen atoms in total. The van der Waals surface area contributed by atoms with Gasteiger partial charge in [0.05, 0.1) is 6.54 Å². The maximum absolute atomic E-state index is 13.3. The van der Waals surface area contributed by atoms with Crippen molar-refractivity contribution in [3.63, 3.8) is 0 Å². The molecule has 0 bridgehead atoms. The molecule has 0 aliphatic rings. The highest BCUT2D eigenvalue weighted by molar-refractivity contribution is 5.94. The van der Waals surface area contributed by atoms with Gasteiger partial charge in [-0.05, 0) is 57.5 Å². The standard InChI is InChI=1S/C17H20FNO3/c1-10-5-13(8-14(18)6-10)16(20)19-9-17(4,21)15-7-11(2)22-12(15)3/h5-8,21H,9H2,1-4H3,(H,19,20). The third-order valence-corrected chi connectivity index (χ3v) is 3.52. The van der Waals surface area contributed by atoms with E-state index in [9.17, 15) is 14.3 Å². The van der Waals surface area contributed by atoms with E-state index in [2.05, 4.69) is 5.32 Å². The van der Waals surface area contributed by atoms with Crippen LogP contribution in [0, 0.1) is 26.6 Å². The maximum Gasteiger partial charge on any atom is 0.251 e. The summed E-state index contributed by atoms with van der Waals surface area (Å²) in [5.74, 6) is 0.414. The molecule has 0 fully saturated rings. The summed E-state index contributed by atoms with van der Waals surface area (Å²) < 4.78 is 18.7. The molecule has 1 heterocycles. The van der Waals surface area contributed by atoms with Gasteiger partial charge in [-0.3, -0.25) is 4.79 Å². The Hall–Kier alpha value is -2.14. The number of carbonyl (C=O) groups excluding carboxylic acids is 1. The molecule has 2 aromatic rings. The highest BCUT2D eigenvalue weighted by atomic mass is 19.1. The third kappa shape index (κ3) is 3.54. The zero-order valence-electron chi connectivity index (χ0n) is 13.2. The molecule has 1 amide bonds. The van der Waals surface area contributed by atoms with Crippen LogP contribution in [0.15, 0.2) is 28.7 Å². The number of aryl methyl sites for hydroxylation is 3. The van der Waals surface area contributed by atoms with Crippen molar-refractivity contribution in [3.8, 4) is 0 Å². The van der Waals surface area contributed by atoms with Crippen molar-refractivity contribution >= 4 is 5.91 Å². The van der Waals surface area contributed by atoms with E-state index in [-0.39, 0.29) is 12.1 Å². The van der Waals surface area contributed by atoms with Crippen LogP contribution in [0.4, 0.5) is 4.39 Å². The van der Waals surface area contributed by atoms with Crippen molar-refractivity contribution in [3.05, 3.63) is 58.3 Å². The Morgan fingerprint density at radius 1 is 1.27 bits per heavy atom. The minimum absolute atomic E-state index is 0.00120. The van der Waals surface area contributed by atoms with Crippen LogP contribution in [0.1, 0.15) is 39.9 Å². The number of rotatable bonds is 4. The Morgan fingerprint density at radius 2 is 1.95 bits per heavy atom. The third-order valence-electron chi connectivity index (χ3n) is 3.52. The lowest BCUT2D eigenvalue weighted by Crippen LogP contribution is -2.38. The largest absolute Gasteiger partial charge is 0.466 e. The van der Waals surface area contributed by atoms with Crippen LogP contribution in [0.25, 0.3) is 0 Å². The summed E-state index contributed by atoms with van der Waals surface area (Å²) >= 11 is 0. The Labute approximate surface area is 129 Å². The molecule has 1 aromatic heterocycles. The maximum atomic E-state index is 13.3. The van der Waals surface area contributed by atoms with Gasteiger partial charge in [0.2, 0.25) is 0 Å². The molecule has 0 aliphatic heterocycles. The Balaban J connectivity index is 2.11. The fourth-order valence-electron chi connectivity index (χ4n) is 2.48. The Morgan fingerprint density at radius 3 is 2.50 bits per heavy atom. The SMILES string of the molecule is Cc1cc(F)cc(C(=O)NCC(C)(O)c2cc(C)oc2C)c1. The van der Waals surface area contributed by atoms with Crippen molar-refractivity contribution < 1.29 is 18.7 Å². The van der Waals surface area contributed by atoms with Crippen molar-refractivity contribution in [1.82, 2.24) is 5.32 Å². The van der Waals surface area contributed by atoms with Gasteiger partial charge in [0.1, 0.15) is 22.9 Å². The minimum atomic E-state index is -1.26. The fraction of sp³-hybridized carbons (Fsp3) is 0.353. The number of amides is 1. The summed E-state index contributed by atoms with van der Waals surface area (Å²) in [6.07, 6.45) is 0. The number of carbonyl (C=O) groups is 1. The van der Waals surface area contributed by atoms with E-state index in [1.807, 2.05) is 0 Å². The molecule has 2 rings (SSSR count). The second-order valence-corrected chi connectivity index (χ2v) is 5.80. The van der Waals surface area contributed by atoms with E-state index in [4.69, 9.17) is 4.42 Å². The lowest BCUT2D eigenvalue weighted by molar-refractivity contribution is 0.0514. The fourth-order valence-corrected chi connectivity index (χ4v) is 2.48. The number of hydrogen-bond donors (Lipinski definition) is 2. The second kappa shape index (κ2) is 5.93. The van der Waals surface area contributed by atoms with E-state index in [0.29, 0.717) is 22.6 Å². The van der Waals surface area contributed by atoms with Gasteiger partial charge in [0.25, 0.3) is 5.91 Å². The van der Waals surface area contributed by atoms with Crippen LogP contribution in [0.3, 0.4) is 0 Å². The first-order valence-electron chi connectivity index (χ1n) is 7.04. The van der Waals surface area contributed by atoms with Crippen molar-refractivity contribution in [2.45, 2.75) is 33.3 Å². The monoisotopic (exact) mass is 305 g/mol. The van der Waals surface area contributed by atoms with Crippen molar-refractivity contribution in [1.29, 1.82) is 0 Å². The first-order valence-corrected chi connectivity index (χ1v) is 7.04. The van der Waals surface area contributed by atoms with Crippen LogP contribution in [0.5, 0.6) is 0 Å². The lowest BCUT2D eigenvalue weighted by atomic mass is 9.96. The summed E-state index contributed by atoms with van der Waals surface area (Å²) in [6.45, 7) is 6.87. The molecule has 2 N–H and O–H groups in total. The number of nitrogens with one attached hydrogen (secondary N) is 1. The summed E-state index contributed by atoms with van der Waals surface area (Å²) in [6, 6.07) is 5.86. The first-order chi connectivity index (χ1) is 10.2. The van der Waals surface area contributed by atoms with Gasteiger partial charge in [0, 0.05) is 11.1 Å². The normalized spacial score (nSPS) is 13.7. The molecule has 22 heavy (non-hydrogen) atoms. The molecule has 1 atom stereocenters. The Bertz CT molecular complexity index is 684. The van der Waals surface area contributed by atoms with Crippen LogP contribution in [-0.4, -0.2) is 17.6 Å². The molecule has 5 heteroatoms. The van der Waals surface area contributed by atoms with Crippen molar-refractivity contribution in [2.24, 2.45) is 0 Å². The van der Waals surface area contributed by atoms with Gasteiger partial charge in [-0.1, -0.05) is 0 Å². The quantitative estimate of drug-likeness (QED) is 0.913. The Kier molecular flexibility index (Phi) is 4.37. The lowest BCUT2D eigenvalue weighted by Gasteiger charge is -2.23. The van der Waals surface area contributed by atoms with Gasteiger partial charge < -0.3 is 14.8 Å². The van der Waals surface area contributed by atoms with Gasteiger partial charge in [-0.2, -0.15) is 0 Å². The van der Waals surface area contributed by atoms with Crippen LogP contribution >= 0.6 is 0 Å². The van der Waals surface area contributed by atoms with E-state index in [1.54, 1.807) is 39.8 Å². The molecule has 1 unspecified atom stereocenters. The number of benzene rings is 1. The number of halogens is 1. The smallest absolute Gasteiger partial charge is 0.251 e. The molecule has 0 radical (unpaired) electrons. The summed E-state index contributed by atoms with van der Waals surface area (Å²) in [5, 5.41) is 13.2. The highest BCUT2D eigenvalue weighted by Gasteiger charge is 2.28. The van der Waals surface area contributed by atoms with E-state index >= 15 is 0 Å². The molecular weight excluding hydrogens is 285 g/mol. The van der Waals surface area contributed by atoms with E-state index in [1.165, 1.54) is 12.1 Å². The predicted octanol–water partition coefficient (Wildman–Crippen LogP) is 2.98. The van der Waals surface area contributed by atoms with Gasteiger partial charge in [0.15, 0.2) is 0 Å². The first kappa shape index (κ1) is 16.2. The highest BCUT2D eigenvalue weighted by Crippen LogP contribution is 2.26. The number of furan rings is 1. The van der Waals surface area contributed by atoms with E-state index in [0.717, 1.165) is 0 Å². The van der Waals surface area contributed by atoms with Gasteiger partial charge >= 0.3 is 0 Å². The number of hydrogen-bond acceptors (Lipinski definition) is 3. The summed E-state index contributed by atoms with van der Waals surface area (Å²) in [5.41, 5.74) is 0.257. The summed E-state index contributed by atoms with van der Waals surface area (Å²) in [7, 11) is 0. The summed E-state index contributed by atoms with van der Waals surface area (Å²) in [4.78, 5) is 12.1. The zero-order valence-corrected chi connectivity index (χ0v) is 13.2. The van der Waals surface area contributed by atoms with Gasteiger partial charge in [-0.25, -0.2) is 4.39 Å². The van der Waals surface area contributed by atoms with Gasteiger partial charge in [-0.15, -0.1) is 0 Å². The molecular formula is C17H20FNO3. The average Bonchev–Trinajstić information content (AvgIpc) is 2.75. The van der Waals surface area contributed by atoms with Crippen LogP contribution in [-0.2, 0) is 5.60 Å². The van der Waals surface area contributed by atoms with E-state index < -0.39 is 17.3 Å². The minimum Gasteiger partial charge on any atom is -0.466 e. The molecule has 118 valence electrons. The van der Waals surface area contributed by atoms with Crippen LogP contribution in [0.2, 0.25) is 0 Å². The zero-order chi connectivity index (χ0) is 16.5. The molecule has 0 aliphatic carbocycles. The second-order valence-electron chi connectivity index (χ2n) is 5.80. The van der Waals surface area contributed by atoms with Crippen molar-refractivity contribution in [2.75, 3.05) is 6.54 Å². The topological polar surface area (TPSA) is 62.5 Å². The molecule has 0 spiro atoms.